The summed E-state index contributed by atoms with van der Waals surface area (Å²) in [6.45, 7) is 6.79. The van der Waals surface area contributed by atoms with E-state index in [4.69, 9.17) is 5.73 Å². The van der Waals surface area contributed by atoms with E-state index in [1.165, 1.54) is 0 Å². The molecule has 0 aliphatic rings. The minimum Gasteiger partial charge on any atom is -0.399 e. The lowest BCUT2D eigenvalue weighted by Crippen LogP contribution is -2.26. The van der Waals surface area contributed by atoms with Crippen molar-refractivity contribution in [3.05, 3.63) is 47.3 Å². The standard InChI is InChI=1S/C16H22N4O.ClH/c1-16(2,3)14-10-13(19-20-14)15(21)18-9-8-11-4-6-12(17)7-5-11;/h4-7,10H,8-9,17H2,1-3H3,(H,18,21)(H,19,20);1H. The summed E-state index contributed by atoms with van der Waals surface area (Å²) in [5.74, 6) is -0.155. The number of rotatable bonds is 4. The van der Waals surface area contributed by atoms with Crippen molar-refractivity contribution in [1.29, 1.82) is 0 Å². The van der Waals surface area contributed by atoms with Crippen LogP contribution in [0.15, 0.2) is 30.3 Å². The van der Waals surface area contributed by atoms with Gasteiger partial charge in [0.15, 0.2) is 0 Å². The fourth-order valence-corrected chi connectivity index (χ4v) is 1.92. The number of aromatic amines is 1. The molecule has 0 aliphatic heterocycles. The van der Waals surface area contributed by atoms with Gasteiger partial charge >= 0.3 is 0 Å². The highest BCUT2D eigenvalue weighted by Gasteiger charge is 2.19. The van der Waals surface area contributed by atoms with Crippen molar-refractivity contribution in [3.8, 4) is 0 Å². The number of amides is 1. The molecule has 2 rings (SSSR count). The summed E-state index contributed by atoms with van der Waals surface area (Å²) in [6.07, 6.45) is 0.766. The van der Waals surface area contributed by atoms with Crippen LogP contribution in [-0.4, -0.2) is 22.6 Å². The van der Waals surface area contributed by atoms with Crippen LogP contribution in [0.2, 0.25) is 0 Å². The van der Waals surface area contributed by atoms with Crippen molar-refractivity contribution >= 4 is 24.0 Å². The van der Waals surface area contributed by atoms with Crippen LogP contribution in [0.1, 0.15) is 42.5 Å². The number of nitrogens with zero attached hydrogens (tertiary/aromatic N) is 1. The number of nitrogen functional groups attached to an aromatic ring is 1. The average Bonchev–Trinajstić information content (AvgIpc) is 2.90. The van der Waals surface area contributed by atoms with Gasteiger partial charge in [-0.25, -0.2) is 0 Å². The Morgan fingerprint density at radius 2 is 1.91 bits per heavy atom. The van der Waals surface area contributed by atoms with Gasteiger partial charge in [-0.1, -0.05) is 32.9 Å². The first-order valence-corrected chi connectivity index (χ1v) is 7.05. The first-order chi connectivity index (χ1) is 9.86. The van der Waals surface area contributed by atoms with Crippen molar-refractivity contribution in [2.75, 3.05) is 12.3 Å². The second-order valence-corrected chi connectivity index (χ2v) is 6.16. The number of halogens is 1. The van der Waals surface area contributed by atoms with Gasteiger partial charge in [-0.3, -0.25) is 9.89 Å². The highest BCUT2D eigenvalue weighted by Crippen LogP contribution is 2.20. The van der Waals surface area contributed by atoms with Crippen LogP contribution in [0.5, 0.6) is 0 Å². The monoisotopic (exact) mass is 322 g/mol. The largest absolute Gasteiger partial charge is 0.399 e. The van der Waals surface area contributed by atoms with E-state index < -0.39 is 0 Å². The molecule has 22 heavy (non-hydrogen) atoms. The quantitative estimate of drug-likeness (QED) is 0.757. The number of benzene rings is 1. The van der Waals surface area contributed by atoms with E-state index in [2.05, 4.69) is 36.3 Å². The second-order valence-electron chi connectivity index (χ2n) is 6.16. The third-order valence-corrected chi connectivity index (χ3v) is 3.30. The van der Waals surface area contributed by atoms with Crippen molar-refractivity contribution in [2.24, 2.45) is 0 Å². The highest BCUT2D eigenvalue weighted by molar-refractivity contribution is 5.92. The van der Waals surface area contributed by atoms with Crippen LogP contribution < -0.4 is 11.1 Å². The van der Waals surface area contributed by atoms with Gasteiger partial charge in [0, 0.05) is 23.3 Å². The molecule has 6 heteroatoms. The molecule has 0 spiro atoms. The molecule has 0 saturated heterocycles. The maximum absolute atomic E-state index is 12.0. The molecule has 1 amide bonds. The second kappa shape index (κ2) is 7.31. The normalized spacial score (nSPS) is 10.9. The molecule has 2 aromatic rings. The molecular weight excluding hydrogens is 300 g/mol. The van der Waals surface area contributed by atoms with E-state index in [0.717, 1.165) is 23.4 Å². The van der Waals surface area contributed by atoms with Gasteiger partial charge in [-0.05, 0) is 30.2 Å². The molecule has 0 radical (unpaired) electrons. The van der Waals surface area contributed by atoms with E-state index in [1.54, 1.807) is 6.07 Å². The zero-order valence-corrected chi connectivity index (χ0v) is 14.0. The molecular formula is C16H23ClN4O. The number of H-pyrrole nitrogens is 1. The Balaban J connectivity index is 0.00000242. The van der Waals surface area contributed by atoms with Crippen molar-refractivity contribution < 1.29 is 4.79 Å². The predicted molar refractivity (Wildman–Crippen MR) is 91.4 cm³/mol. The molecule has 0 saturated carbocycles. The topological polar surface area (TPSA) is 83.8 Å². The van der Waals surface area contributed by atoms with Gasteiger partial charge in [-0.2, -0.15) is 5.10 Å². The summed E-state index contributed by atoms with van der Waals surface area (Å²) < 4.78 is 0. The summed E-state index contributed by atoms with van der Waals surface area (Å²) in [6, 6.07) is 9.46. The van der Waals surface area contributed by atoms with Crippen LogP contribution >= 0.6 is 12.4 Å². The lowest BCUT2D eigenvalue weighted by atomic mass is 9.92. The van der Waals surface area contributed by atoms with Crippen molar-refractivity contribution in [1.82, 2.24) is 15.5 Å². The maximum atomic E-state index is 12.0. The molecule has 1 heterocycles. The molecule has 4 N–H and O–H groups in total. The fourth-order valence-electron chi connectivity index (χ4n) is 1.92. The van der Waals surface area contributed by atoms with Gasteiger partial charge in [0.05, 0.1) is 0 Å². The zero-order valence-electron chi connectivity index (χ0n) is 13.1. The summed E-state index contributed by atoms with van der Waals surface area (Å²) in [5.41, 5.74) is 8.85. The SMILES string of the molecule is CC(C)(C)c1cc(C(=O)NCCc2ccc(N)cc2)n[nH]1.Cl. The van der Waals surface area contributed by atoms with Crippen molar-refractivity contribution in [2.45, 2.75) is 32.6 Å². The minimum absolute atomic E-state index is 0. The van der Waals surface area contributed by atoms with Gasteiger partial charge < -0.3 is 11.1 Å². The Bertz CT molecular complexity index is 614. The molecule has 0 bridgehead atoms. The number of carbonyl (C=O) groups is 1. The van der Waals surface area contributed by atoms with Gasteiger partial charge in [0.1, 0.15) is 5.69 Å². The third kappa shape index (κ3) is 4.77. The molecule has 0 fully saturated rings. The van der Waals surface area contributed by atoms with E-state index in [9.17, 15) is 4.79 Å². The van der Waals surface area contributed by atoms with Crippen LogP contribution in [-0.2, 0) is 11.8 Å². The molecule has 5 nitrogen and oxygen atoms in total. The lowest BCUT2D eigenvalue weighted by molar-refractivity contribution is 0.0949. The highest BCUT2D eigenvalue weighted by atomic mass is 35.5. The fraction of sp³-hybridized carbons (Fsp3) is 0.375. The van der Waals surface area contributed by atoms with Crippen LogP contribution in [0, 0.1) is 0 Å². The Kier molecular flexibility index (Phi) is 6.00. The number of carbonyl (C=O) groups excluding carboxylic acids is 1. The number of hydrogen-bond acceptors (Lipinski definition) is 3. The Labute approximate surface area is 137 Å². The third-order valence-electron chi connectivity index (χ3n) is 3.30. The number of hydrogen-bond donors (Lipinski definition) is 3. The minimum atomic E-state index is -0.155. The van der Waals surface area contributed by atoms with Crippen LogP contribution in [0.25, 0.3) is 0 Å². The molecule has 120 valence electrons. The summed E-state index contributed by atoms with van der Waals surface area (Å²) in [4.78, 5) is 12.0. The smallest absolute Gasteiger partial charge is 0.271 e. The first kappa shape index (κ1) is 18.0. The van der Waals surface area contributed by atoms with Crippen LogP contribution in [0.4, 0.5) is 5.69 Å². The zero-order chi connectivity index (χ0) is 15.5. The van der Waals surface area contributed by atoms with Crippen LogP contribution in [0.3, 0.4) is 0 Å². The Morgan fingerprint density at radius 3 is 2.45 bits per heavy atom. The van der Waals surface area contributed by atoms with E-state index in [-0.39, 0.29) is 23.7 Å². The summed E-state index contributed by atoms with van der Waals surface area (Å²) >= 11 is 0. The van der Waals surface area contributed by atoms with Gasteiger partial charge in [0.25, 0.3) is 5.91 Å². The summed E-state index contributed by atoms with van der Waals surface area (Å²) in [5, 5.41) is 9.86. The van der Waals surface area contributed by atoms with Crippen molar-refractivity contribution in [3.63, 3.8) is 0 Å². The molecule has 1 aromatic heterocycles. The van der Waals surface area contributed by atoms with Gasteiger partial charge in [0.2, 0.25) is 0 Å². The van der Waals surface area contributed by atoms with E-state index in [1.807, 2.05) is 24.3 Å². The molecule has 0 atom stereocenters. The van der Waals surface area contributed by atoms with Gasteiger partial charge in [-0.15, -0.1) is 12.4 Å². The first-order valence-electron chi connectivity index (χ1n) is 7.05. The maximum Gasteiger partial charge on any atom is 0.271 e. The predicted octanol–water partition coefficient (Wildman–Crippen LogP) is 2.68. The van der Waals surface area contributed by atoms with E-state index >= 15 is 0 Å². The Morgan fingerprint density at radius 1 is 1.27 bits per heavy atom. The van der Waals surface area contributed by atoms with E-state index in [0.29, 0.717) is 12.2 Å². The molecule has 1 aromatic carbocycles. The number of nitrogens with one attached hydrogen (secondary N) is 2. The lowest BCUT2D eigenvalue weighted by Gasteiger charge is -2.14. The molecule has 0 aliphatic carbocycles. The summed E-state index contributed by atoms with van der Waals surface area (Å²) in [7, 11) is 0. The molecule has 0 unspecified atom stereocenters. The number of nitrogens with two attached hydrogens (primary N) is 1. The number of anilines is 1. The number of aromatic nitrogens is 2. The average molecular weight is 323 g/mol. The Hall–Kier alpha value is -2.01.